The standard InChI is InChI=1S/C25H29N7O2S/c1-17-14-27-25(30-20-8-5-9-22(13-20)35(26,33)34)31-24(17)29-21-10-11-23-19(12-21)15-28-32(23)16-18-6-3-2-4-7-18/h5,8-15,18H,2-4,6-7,16H2,1H3,(H2,26,33,34)(H2,27,29,30,31). The second kappa shape index (κ2) is 9.63. The summed E-state index contributed by atoms with van der Waals surface area (Å²) in [5.41, 5.74) is 3.44. The smallest absolute Gasteiger partial charge is 0.238 e. The van der Waals surface area contributed by atoms with Crippen molar-refractivity contribution in [3.05, 3.63) is 60.4 Å². The molecule has 10 heteroatoms. The van der Waals surface area contributed by atoms with Crippen molar-refractivity contribution in [2.75, 3.05) is 10.6 Å². The van der Waals surface area contributed by atoms with Crippen molar-refractivity contribution in [2.45, 2.75) is 50.5 Å². The fourth-order valence-electron chi connectivity index (χ4n) is 4.57. The molecule has 1 aliphatic rings. The molecule has 0 amide bonds. The summed E-state index contributed by atoms with van der Waals surface area (Å²) in [5.74, 6) is 1.70. The molecule has 182 valence electrons. The molecule has 2 heterocycles. The molecule has 2 aromatic carbocycles. The zero-order valence-electron chi connectivity index (χ0n) is 19.6. The number of fused-ring (bicyclic) bond motifs is 1. The fraction of sp³-hybridized carbons (Fsp3) is 0.320. The van der Waals surface area contributed by atoms with E-state index in [2.05, 4.69) is 42.5 Å². The molecule has 0 bridgehead atoms. The number of sulfonamides is 1. The van der Waals surface area contributed by atoms with Gasteiger partial charge in [-0.05, 0) is 62.1 Å². The number of rotatable bonds is 7. The van der Waals surface area contributed by atoms with Crippen LogP contribution in [0.5, 0.6) is 0 Å². The number of nitrogens with zero attached hydrogens (tertiary/aromatic N) is 4. The number of nitrogens with two attached hydrogens (primary N) is 1. The molecule has 0 spiro atoms. The summed E-state index contributed by atoms with van der Waals surface area (Å²) in [6, 6.07) is 12.4. The molecule has 0 saturated heterocycles. The molecular formula is C25H29N7O2S. The van der Waals surface area contributed by atoms with E-state index in [1.54, 1.807) is 18.3 Å². The van der Waals surface area contributed by atoms with E-state index in [0.717, 1.165) is 28.7 Å². The fourth-order valence-corrected chi connectivity index (χ4v) is 5.13. The Bertz CT molecular complexity index is 1460. The lowest BCUT2D eigenvalue weighted by Crippen LogP contribution is -2.14. The monoisotopic (exact) mass is 491 g/mol. The van der Waals surface area contributed by atoms with Crippen molar-refractivity contribution in [3.8, 4) is 0 Å². The highest BCUT2D eigenvalue weighted by atomic mass is 32.2. The molecule has 4 N–H and O–H groups in total. The Kier molecular flexibility index (Phi) is 6.40. The van der Waals surface area contributed by atoms with E-state index in [1.165, 1.54) is 44.2 Å². The van der Waals surface area contributed by atoms with Gasteiger partial charge in [0, 0.05) is 35.1 Å². The zero-order valence-corrected chi connectivity index (χ0v) is 20.4. The van der Waals surface area contributed by atoms with Crippen molar-refractivity contribution in [1.29, 1.82) is 0 Å². The van der Waals surface area contributed by atoms with Gasteiger partial charge in [0.05, 0.1) is 16.6 Å². The minimum Gasteiger partial charge on any atom is -0.340 e. The molecule has 0 unspecified atom stereocenters. The number of primary sulfonamides is 1. The van der Waals surface area contributed by atoms with Crippen LogP contribution in [0.3, 0.4) is 0 Å². The van der Waals surface area contributed by atoms with Gasteiger partial charge in [0.1, 0.15) is 5.82 Å². The topological polar surface area (TPSA) is 128 Å². The molecule has 4 aromatic rings. The van der Waals surface area contributed by atoms with Gasteiger partial charge in [0.2, 0.25) is 16.0 Å². The lowest BCUT2D eigenvalue weighted by molar-refractivity contribution is 0.312. The second-order valence-corrected chi connectivity index (χ2v) is 10.7. The third kappa shape index (κ3) is 5.44. The molecule has 0 radical (unpaired) electrons. The summed E-state index contributed by atoms with van der Waals surface area (Å²) in [7, 11) is -3.80. The molecular weight excluding hydrogens is 462 g/mol. The Hall–Kier alpha value is -3.50. The van der Waals surface area contributed by atoms with E-state index in [1.807, 2.05) is 19.2 Å². The van der Waals surface area contributed by atoms with Crippen LogP contribution in [-0.2, 0) is 16.6 Å². The Morgan fingerprint density at radius 3 is 2.63 bits per heavy atom. The average Bonchev–Trinajstić information content (AvgIpc) is 3.23. The SMILES string of the molecule is Cc1cnc(Nc2cccc(S(N)(=O)=O)c2)nc1Nc1ccc2c(cnn2CC2CCCCC2)c1. The molecule has 1 saturated carbocycles. The highest BCUT2D eigenvalue weighted by Gasteiger charge is 2.16. The summed E-state index contributed by atoms with van der Waals surface area (Å²) in [5, 5.41) is 17.4. The van der Waals surface area contributed by atoms with Crippen molar-refractivity contribution >= 4 is 44.1 Å². The number of hydrogen-bond donors (Lipinski definition) is 3. The van der Waals surface area contributed by atoms with Gasteiger partial charge in [0.15, 0.2) is 0 Å². The third-order valence-electron chi connectivity index (χ3n) is 6.45. The maximum atomic E-state index is 11.6. The Morgan fingerprint density at radius 1 is 1.03 bits per heavy atom. The molecule has 1 aliphatic carbocycles. The summed E-state index contributed by atoms with van der Waals surface area (Å²) in [4.78, 5) is 8.92. The minimum absolute atomic E-state index is 0.0188. The van der Waals surface area contributed by atoms with E-state index in [4.69, 9.17) is 5.14 Å². The quantitative estimate of drug-likeness (QED) is 0.337. The van der Waals surface area contributed by atoms with Gasteiger partial charge in [0.25, 0.3) is 0 Å². The molecule has 5 rings (SSSR count). The number of benzene rings is 2. The van der Waals surface area contributed by atoms with Gasteiger partial charge in [-0.15, -0.1) is 0 Å². The first-order valence-corrected chi connectivity index (χ1v) is 13.4. The Balaban J connectivity index is 1.33. The van der Waals surface area contributed by atoms with Crippen molar-refractivity contribution in [3.63, 3.8) is 0 Å². The van der Waals surface area contributed by atoms with Crippen LogP contribution < -0.4 is 15.8 Å². The van der Waals surface area contributed by atoms with Gasteiger partial charge < -0.3 is 10.6 Å². The molecule has 35 heavy (non-hydrogen) atoms. The molecule has 2 aromatic heterocycles. The van der Waals surface area contributed by atoms with Crippen LogP contribution in [0.25, 0.3) is 10.9 Å². The van der Waals surface area contributed by atoms with Gasteiger partial charge in [-0.3, -0.25) is 4.68 Å². The lowest BCUT2D eigenvalue weighted by Gasteiger charge is -2.21. The number of nitrogens with one attached hydrogen (secondary N) is 2. The highest BCUT2D eigenvalue weighted by molar-refractivity contribution is 7.89. The van der Waals surface area contributed by atoms with E-state index in [0.29, 0.717) is 23.4 Å². The van der Waals surface area contributed by atoms with E-state index >= 15 is 0 Å². The normalized spacial score (nSPS) is 14.8. The van der Waals surface area contributed by atoms with Crippen LogP contribution in [0, 0.1) is 12.8 Å². The number of aromatic nitrogens is 4. The lowest BCUT2D eigenvalue weighted by atomic mass is 9.89. The molecule has 0 atom stereocenters. The van der Waals surface area contributed by atoms with Gasteiger partial charge in [-0.1, -0.05) is 25.3 Å². The first-order chi connectivity index (χ1) is 16.8. The van der Waals surface area contributed by atoms with Gasteiger partial charge >= 0.3 is 0 Å². The predicted octanol–water partition coefficient (Wildman–Crippen LogP) is 4.85. The van der Waals surface area contributed by atoms with E-state index in [-0.39, 0.29) is 4.90 Å². The van der Waals surface area contributed by atoms with Crippen molar-refractivity contribution in [2.24, 2.45) is 11.1 Å². The third-order valence-corrected chi connectivity index (χ3v) is 7.36. The molecule has 9 nitrogen and oxygen atoms in total. The van der Waals surface area contributed by atoms with Crippen molar-refractivity contribution < 1.29 is 8.42 Å². The number of aryl methyl sites for hydroxylation is 1. The molecule has 0 aliphatic heterocycles. The van der Waals surface area contributed by atoms with E-state index < -0.39 is 10.0 Å². The Labute approximate surface area is 204 Å². The van der Waals surface area contributed by atoms with Gasteiger partial charge in [-0.25, -0.2) is 18.5 Å². The van der Waals surface area contributed by atoms with Crippen LogP contribution in [0.4, 0.5) is 23.1 Å². The largest absolute Gasteiger partial charge is 0.340 e. The summed E-state index contributed by atoms with van der Waals surface area (Å²) in [6.45, 7) is 2.90. The maximum Gasteiger partial charge on any atom is 0.238 e. The van der Waals surface area contributed by atoms with Crippen LogP contribution in [-0.4, -0.2) is 28.2 Å². The first-order valence-electron chi connectivity index (χ1n) is 11.8. The van der Waals surface area contributed by atoms with Crippen LogP contribution in [0.2, 0.25) is 0 Å². The first kappa shape index (κ1) is 23.3. The summed E-state index contributed by atoms with van der Waals surface area (Å²) < 4.78 is 25.4. The van der Waals surface area contributed by atoms with Crippen molar-refractivity contribution in [1.82, 2.24) is 19.7 Å². The van der Waals surface area contributed by atoms with Gasteiger partial charge in [-0.2, -0.15) is 10.1 Å². The summed E-state index contributed by atoms with van der Waals surface area (Å²) >= 11 is 0. The maximum absolute atomic E-state index is 11.6. The number of anilines is 4. The summed E-state index contributed by atoms with van der Waals surface area (Å²) in [6.07, 6.45) is 10.2. The molecule has 1 fully saturated rings. The van der Waals surface area contributed by atoms with E-state index in [9.17, 15) is 8.42 Å². The van der Waals surface area contributed by atoms with Crippen LogP contribution >= 0.6 is 0 Å². The highest BCUT2D eigenvalue weighted by Crippen LogP contribution is 2.28. The van der Waals surface area contributed by atoms with Crippen LogP contribution in [0.1, 0.15) is 37.7 Å². The second-order valence-electron chi connectivity index (χ2n) is 9.15. The average molecular weight is 492 g/mol. The Morgan fingerprint density at radius 2 is 1.83 bits per heavy atom. The number of hydrogen-bond acceptors (Lipinski definition) is 7. The van der Waals surface area contributed by atoms with Crippen LogP contribution in [0.15, 0.2) is 59.8 Å². The predicted molar refractivity (Wildman–Crippen MR) is 137 cm³/mol. The zero-order chi connectivity index (χ0) is 24.4. The minimum atomic E-state index is -3.80.